The van der Waals surface area contributed by atoms with Gasteiger partial charge in [0.1, 0.15) is 17.7 Å². The molecule has 2 unspecified atom stereocenters. The molecule has 62 heavy (non-hydrogen) atoms. The summed E-state index contributed by atoms with van der Waals surface area (Å²) in [6, 6.07) is 11.3. The average Bonchev–Trinajstić information content (AvgIpc) is 3.91. The summed E-state index contributed by atoms with van der Waals surface area (Å²) in [5.74, 6) is 0.929. The minimum absolute atomic E-state index is 0.00646. The number of nitrogens with zero attached hydrogens (tertiary/aromatic N) is 4. The smallest absolute Gasteiger partial charge is 0.416 e. The molecule has 0 radical (unpaired) electrons. The third-order valence-electron chi connectivity index (χ3n) is 12.0. The standard InChI is InChI=1S/C45H53F3N8O6/c1-26(28-18-29(45(46,47)48)20-30(49)19-28)51-41-32-21-38(37(61-4)22-35(32)52-27(2)53-41)62-25-44(15-16-44)24-55(3)40(58)12-7-5-6-8-17-50-34-11-9-10-31-33(34)23-56(43(31)60)36-13-14-39(57)54-42(36)59/h9-11,18-22,26,36,50H,5-8,12-17,23-25,49H2,1-4H3,(H,51,52,53)(H,54,57,59). The van der Waals surface area contributed by atoms with Crippen molar-refractivity contribution in [1.29, 1.82) is 0 Å². The normalized spacial score (nSPS) is 17.4. The zero-order valence-corrected chi connectivity index (χ0v) is 35.4. The van der Waals surface area contributed by atoms with Crippen LogP contribution in [0.4, 0.5) is 30.4 Å². The summed E-state index contributed by atoms with van der Waals surface area (Å²) in [5.41, 5.74) is 8.02. The Kier molecular flexibility index (Phi) is 12.8. The van der Waals surface area contributed by atoms with Gasteiger partial charge >= 0.3 is 6.18 Å². The number of carbonyl (C=O) groups is 4. The number of nitrogens with two attached hydrogens (primary N) is 1. The molecule has 3 heterocycles. The number of halogens is 3. The molecule has 17 heteroatoms. The topological polar surface area (TPSA) is 181 Å². The van der Waals surface area contributed by atoms with Gasteiger partial charge in [-0.05, 0) is 87.9 Å². The first kappa shape index (κ1) is 43.9. The van der Waals surface area contributed by atoms with Crippen LogP contribution in [-0.2, 0) is 27.1 Å². The van der Waals surface area contributed by atoms with Crippen molar-refractivity contribution >= 4 is 51.7 Å². The fourth-order valence-corrected chi connectivity index (χ4v) is 8.28. The number of hydrogen-bond acceptors (Lipinski definition) is 11. The molecule has 4 aromatic rings. The summed E-state index contributed by atoms with van der Waals surface area (Å²) in [7, 11) is 3.36. The quantitative estimate of drug-likeness (QED) is 0.0453. The average molecular weight is 859 g/mol. The van der Waals surface area contributed by atoms with Gasteiger partial charge in [-0.3, -0.25) is 24.5 Å². The Morgan fingerprint density at radius 2 is 1.84 bits per heavy atom. The number of imide groups is 1. The molecule has 7 rings (SSSR count). The van der Waals surface area contributed by atoms with E-state index in [1.165, 1.54) is 13.2 Å². The second-order valence-electron chi connectivity index (χ2n) is 16.8. The van der Waals surface area contributed by atoms with E-state index < -0.39 is 29.7 Å². The Bertz CT molecular complexity index is 2370. The van der Waals surface area contributed by atoms with Crippen LogP contribution in [0.2, 0.25) is 0 Å². The van der Waals surface area contributed by atoms with Gasteiger partial charge in [0.25, 0.3) is 5.91 Å². The number of hydrogen-bond donors (Lipinski definition) is 4. The van der Waals surface area contributed by atoms with Crippen molar-refractivity contribution in [3.8, 4) is 11.5 Å². The number of nitrogen functional groups attached to an aromatic ring is 1. The highest BCUT2D eigenvalue weighted by atomic mass is 19.4. The van der Waals surface area contributed by atoms with Gasteiger partial charge in [-0.2, -0.15) is 13.2 Å². The number of anilines is 3. The molecular weight excluding hydrogens is 806 g/mol. The van der Waals surface area contributed by atoms with Crippen molar-refractivity contribution in [1.82, 2.24) is 25.1 Å². The second-order valence-corrected chi connectivity index (χ2v) is 16.8. The molecule has 2 atom stereocenters. The van der Waals surface area contributed by atoms with Crippen molar-refractivity contribution < 1.29 is 41.8 Å². The predicted octanol–water partition coefficient (Wildman–Crippen LogP) is 7.16. The van der Waals surface area contributed by atoms with E-state index in [9.17, 15) is 32.3 Å². The Labute approximate surface area is 358 Å². The highest BCUT2D eigenvalue weighted by Crippen LogP contribution is 2.47. The van der Waals surface area contributed by atoms with Gasteiger partial charge in [0.05, 0.1) is 30.8 Å². The zero-order valence-electron chi connectivity index (χ0n) is 35.4. The number of aromatic nitrogens is 2. The van der Waals surface area contributed by atoms with Crippen molar-refractivity contribution in [2.24, 2.45) is 5.41 Å². The maximum Gasteiger partial charge on any atom is 0.416 e. The molecule has 14 nitrogen and oxygen atoms in total. The first-order valence-corrected chi connectivity index (χ1v) is 21.0. The molecule has 0 bridgehead atoms. The van der Waals surface area contributed by atoms with E-state index in [2.05, 4.69) is 25.9 Å². The number of rotatable bonds is 18. The lowest BCUT2D eigenvalue weighted by atomic mass is 10.0. The number of alkyl halides is 3. The van der Waals surface area contributed by atoms with Crippen LogP contribution in [0.1, 0.15) is 104 Å². The second kappa shape index (κ2) is 18.1. The van der Waals surface area contributed by atoms with E-state index in [1.54, 1.807) is 41.8 Å². The van der Waals surface area contributed by atoms with Gasteiger partial charge in [0.15, 0.2) is 11.5 Å². The van der Waals surface area contributed by atoms with Gasteiger partial charge in [0.2, 0.25) is 17.7 Å². The lowest BCUT2D eigenvalue weighted by molar-refractivity contribution is -0.138. The minimum Gasteiger partial charge on any atom is -0.493 e. The molecule has 3 aliphatic rings. The van der Waals surface area contributed by atoms with E-state index in [4.69, 9.17) is 15.2 Å². The number of ether oxygens (including phenoxy) is 2. The number of aryl methyl sites for hydroxylation is 1. The molecule has 1 saturated carbocycles. The van der Waals surface area contributed by atoms with Crippen molar-refractivity contribution in [3.05, 3.63) is 76.6 Å². The van der Waals surface area contributed by atoms with Crippen molar-refractivity contribution in [3.63, 3.8) is 0 Å². The van der Waals surface area contributed by atoms with E-state index in [-0.39, 0.29) is 35.2 Å². The number of methoxy groups -OCH3 is 1. The van der Waals surface area contributed by atoms with Crippen LogP contribution >= 0.6 is 0 Å². The molecule has 1 aromatic heterocycles. The first-order valence-electron chi connectivity index (χ1n) is 21.0. The number of fused-ring (bicyclic) bond motifs is 2. The molecular formula is C45H53F3N8O6. The molecule has 1 saturated heterocycles. The summed E-state index contributed by atoms with van der Waals surface area (Å²) in [5, 5.41) is 9.64. The van der Waals surface area contributed by atoms with E-state index in [1.807, 2.05) is 19.2 Å². The third kappa shape index (κ3) is 9.97. The minimum atomic E-state index is -4.54. The molecule has 5 N–H and O–H groups in total. The fraction of sp³-hybridized carbons (Fsp3) is 0.467. The maximum absolute atomic E-state index is 13.6. The summed E-state index contributed by atoms with van der Waals surface area (Å²) in [4.78, 5) is 62.9. The molecule has 2 fully saturated rings. The van der Waals surface area contributed by atoms with Crippen molar-refractivity contribution in [2.45, 2.75) is 96.4 Å². The van der Waals surface area contributed by atoms with E-state index >= 15 is 0 Å². The zero-order chi connectivity index (χ0) is 44.3. The van der Waals surface area contributed by atoms with Gasteiger partial charge in [-0.25, -0.2) is 9.97 Å². The van der Waals surface area contributed by atoms with Gasteiger partial charge in [-0.1, -0.05) is 18.9 Å². The highest BCUT2D eigenvalue weighted by Gasteiger charge is 2.45. The molecule has 3 aromatic carbocycles. The number of nitrogens with one attached hydrogen (secondary N) is 3. The summed E-state index contributed by atoms with van der Waals surface area (Å²) < 4.78 is 52.7. The first-order chi connectivity index (χ1) is 29.5. The van der Waals surface area contributed by atoms with Gasteiger partial charge < -0.3 is 35.6 Å². The Morgan fingerprint density at radius 3 is 2.56 bits per heavy atom. The Balaban J connectivity index is 0.875. The van der Waals surface area contributed by atoms with Crippen LogP contribution in [0.15, 0.2) is 48.5 Å². The summed E-state index contributed by atoms with van der Waals surface area (Å²) in [6.07, 6.45) is 1.66. The summed E-state index contributed by atoms with van der Waals surface area (Å²) in [6.45, 7) is 5.36. The van der Waals surface area contributed by atoms with Crippen LogP contribution in [0.5, 0.6) is 11.5 Å². The van der Waals surface area contributed by atoms with Crippen LogP contribution in [0, 0.1) is 12.3 Å². The predicted molar refractivity (Wildman–Crippen MR) is 228 cm³/mol. The molecule has 1 aliphatic carbocycles. The number of unbranched alkanes of at least 4 members (excludes halogenated alkanes) is 3. The lowest BCUT2D eigenvalue weighted by Gasteiger charge is -2.29. The fourth-order valence-electron chi connectivity index (χ4n) is 8.28. The lowest BCUT2D eigenvalue weighted by Crippen LogP contribution is -2.52. The Morgan fingerprint density at radius 1 is 1.06 bits per heavy atom. The highest BCUT2D eigenvalue weighted by molar-refractivity contribution is 6.06. The van der Waals surface area contributed by atoms with Gasteiger partial charge in [0, 0.05) is 78.9 Å². The van der Waals surface area contributed by atoms with Crippen LogP contribution in [0.3, 0.4) is 0 Å². The number of carbonyl (C=O) groups excluding carboxylic acids is 4. The number of piperidine rings is 1. The SMILES string of the molecule is COc1cc2nc(C)nc(NC(C)c3cc(N)cc(C(F)(F)F)c3)c2cc1OCC1(CN(C)C(=O)CCCCCCNc2cccc3c2CN(C2CCC(=O)NC2=O)C3=O)CC1. The monoisotopic (exact) mass is 858 g/mol. The number of benzene rings is 3. The van der Waals surface area contributed by atoms with E-state index in [0.29, 0.717) is 84.3 Å². The molecule has 4 amide bonds. The maximum atomic E-state index is 13.6. The van der Waals surface area contributed by atoms with Gasteiger partial charge in [-0.15, -0.1) is 0 Å². The third-order valence-corrected chi connectivity index (χ3v) is 12.0. The van der Waals surface area contributed by atoms with Crippen molar-refractivity contribution in [2.75, 3.05) is 50.2 Å². The molecule has 330 valence electrons. The molecule has 0 spiro atoms. The largest absolute Gasteiger partial charge is 0.493 e. The van der Waals surface area contributed by atoms with E-state index in [0.717, 1.165) is 61.9 Å². The summed E-state index contributed by atoms with van der Waals surface area (Å²) >= 11 is 0. The number of amides is 4. The van der Waals surface area contributed by atoms with Crippen LogP contribution in [0.25, 0.3) is 10.9 Å². The van der Waals surface area contributed by atoms with Crippen LogP contribution < -0.4 is 31.2 Å². The Hall–Kier alpha value is -6.13. The molecule has 2 aliphatic heterocycles. The van der Waals surface area contributed by atoms with Crippen LogP contribution in [-0.4, -0.2) is 83.3 Å².